The van der Waals surface area contributed by atoms with Crippen LogP contribution in [0.2, 0.25) is 0 Å². The van der Waals surface area contributed by atoms with Crippen molar-refractivity contribution in [2.45, 2.75) is 0 Å². The van der Waals surface area contributed by atoms with Crippen molar-refractivity contribution in [3.05, 3.63) is 54.1 Å². The molecule has 0 aliphatic rings. The van der Waals surface area contributed by atoms with Crippen molar-refractivity contribution in [3.8, 4) is 0 Å². The van der Waals surface area contributed by atoms with E-state index in [0.717, 1.165) is 12.1 Å². The summed E-state index contributed by atoms with van der Waals surface area (Å²) in [5.74, 6) is -1.76. The van der Waals surface area contributed by atoms with E-state index < -0.39 is 11.6 Å². The first-order chi connectivity index (χ1) is 7.66. The molecule has 3 N–H and O–H groups in total. The van der Waals surface area contributed by atoms with Crippen molar-refractivity contribution in [1.29, 1.82) is 0 Å². The van der Waals surface area contributed by atoms with Gasteiger partial charge in [0, 0.05) is 11.8 Å². The van der Waals surface area contributed by atoms with Crippen LogP contribution in [0.25, 0.3) is 0 Å². The molecule has 0 aliphatic carbocycles. The molecule has 4 heteroatoms. The van der Waals surface area contributed by atoms with Gasteiger partial charge in [-0.2, -0.15) is 0 Å². The van der Waals surface area contributed by atoms with Gasteiger partial charge in [-0.25, -0.2) is 8.78 Å². The molecule has 0 fully saturated rings. The maximum atomic E-state index is 12.9. The Bertz CT molecular complexity index is 512. The lowest BCUT2D eigenvalue weighted by atomic mass is 10.2. The summed E-state index contributed by atoms with van der Waals surface area (Å²) in [7, 11) is 0. The number of nitrogens with one attached hydrogen (secondary N) is 1. The predicted octanol–water partition coefficient (Wildman–Crippen LogP) is 3.29. The van der Waals surface area contributed by atoms with Gasteiger partial charge in [0.05, 0.1) is 11.4 Å². The van der Waals surface area contributed by atoms with Crippen LogP contribution >= 0.6 is 0 Å². The van der Waals surface area contributed by atoms with E-state index in [9.17, 15) is 8.78 Å². The quantitative estimate of drug-likeness (QED) is 0.762. The Morgan fingerprint density at radius 2 is 1.69 bits per heavy atom. The van der Waals surface area contributed by atoms with E-state index >= 15 is 0 Å². The second-order valence-electron chi connectivity index (χ2n) is 3.34. The number of hydrogen-bond donors (Lipinski definition) is 2. The van der Waals surface area contributed by atoms with Crippen LogP contribution in [0, 0.1) is 11.6 Å². The number of para-hydroxylation sites is 2. The van der Waals surface area contributed by atoms with E-state index in [2.05, 4.69) is 5.32 Å². The van der Waals surface area contributed by atoms with E-state index in [1.165, 1.54) is 6.07 Å². The third kappa shape index (κ3) is 2.11. The fourth-order valence-corrected chi connectivity index (χ4v) is 1.34. The fraction of sp³-hybridized carbons (Fsp3) is 0. The standard InChI is InChI=1S/C12H10F2N2/c13-9-6-5-8(7-10(9)14)16-12-4-2-1-3-11(12)15/h1-7,16H,15H2. The predicted molar refractivity (Wildman–Crippen MR) is 60.5 cm³/mol. The first-order valence-electron chi connectivity index (χ1n) is 4.73. The van der Waals surface area contributed by atoms with Gasteiger partial charge in [-0.1, -0.05) is 12.1 Å². The third-order valence-electron chi connectivity index (χ3n) is 2.16. The third-order valence-corrected chi connectivity index (χ3v) is 2.16. The largest absolute Gasteiger partial charge is 0.397 e. The van der Waals surface area contributed by atoms with Crippen LogP contribution < -0.4 is 11.1 Å². The van der Waals surface area contributed by atoms with Crippen LogP contribution in [-0.2, 0) is 0 Å². The zero-order valence-electron chi connectivity index (χ0n) is 8.37. The van der Waals surface area contributed by atoms with Crippen molar-refractivity contribution in [2.24, 2.45) is 0 Å². The molecule has 0 atom stereocenters. The molecule has 0 saturated carbocycles. The number of benzene rings is 2. The Morgan fingerprint density at radius 1 is 0.938 bits per heavy atom. The van der Waals surface area contributed by atoms with Gasteiger partial charge >= 0.3 is 0 Å². The fourth-order valence-electron chi connectivity index (χ4n) is 1.34. The van der Waals surface area contributed by atoms with Gasteiger partial charge in [0.15, 0.2) is 11.6 Å². The molecule has 0 unspecified atom stereocenters. The van der Waals surface area contributed by atoms with Crippen LogP contribution in [0.4, 0.5) is 25.8 Å². The Labute approximate surface area is 91.7 Å². The lowest BCUT2D eigenvalue weighted by Crippen LogP contribution is -1.96. The molecule has 0 radical (unpaired) electrons. The van der Waals surface area contributed by atoms with Crippen LogP contribution in [0.5, 0.6) is 0 Å². The minimum atomic E-state index is -0.889. The molecular weight excluding hydrogens is 210 g/mol. The zero-order chi connectivity index (χ0) is 11.5. The summed E-state index contributed by atoms with van der Waals surface area (Å²) in [5.41, 5.74) is 7.37. The van der Waals surface area contributed by atoms with Crippen molar-refractivity contribution in [3.63, 3.8) is 0 Å². The molecule has 0 spiro atoms. The highest BCUT2D eigenvalue weighted by atomic mass is 19.2. The summed E-state index contributed by atoms with van der Waals surface area (Å²) < 4.78 is 25.6. The highest BCUT2D eigenvalue weighted by Crippen LogP contribution is 2.23. The summed E-state index contributed by atoms with van der Waals surface area (Å²) in [4.78, 5) is 0. The topological polar surface area (TPSA) is 38.0 Å². The van der Waals surface area contributed by atoms with Crippen molar-refractivity contribution in [2.75, 3.05) is 11.1 Å². The van der Waals surface area contributed by atoms with Crippen LogP contribution in [0.1, 0.15) is 0 Å². The van der Waals surface area contributed by atoms with Crippen LogP contribution in [0.15, 0.2) is 42.5 Å². The molecule has 0 aliphatic heterocycles. The van der Waals surface area contributed by atoms with Gasteiger partial charge < -0.3 is 11.1 Å². The molecule has 0 bridgehead atoms. The normalized spacial score (nSPS) is 10.1. The van der Waals surface area contributed by atoms with Crippen LogP contribution in [-0.4, -0.2) is 0 Å². The Hall–Kier alpha value is -2.10. The maximum Gasteiger partial charge on any atom is 0.160 e. The Balaban J connectivity index is 2.28. The van der Waals surface area contributed by atoms with Crippen molar-refractivity contribution >= 4 is 17.1 Å². The van der Waals surface area contributed by atoms with Gasteiger partial charge in [-0.05, 0) is 24.3 Å². The van der Waals surface area contributed by atoms with E-state index in [-0.39, 0.29) is 0 Å². The average molecular weight is 220 g/mol. The van der Waals surface area contributed by atoms with Crippen molar-refractivity contribution in [1.82, 2.24) is 0 Å². The van der Waals surface area contributed by atoms with Gasteiger partial charge in [0.25, 0.3) is 0 Å². The van der Waals surface area contributed by atoms with Crippen LogP contribution in [0.3, 0.4) is 0 Å². The summed E-state index contributed by atoms with van der Waals surface area (Å²) in [6.45, 7) is 0. The molecule has 0 heterocycles. The average Bonchev–Trinajstić information content (AvgIpc) is 2.27. The zero-order valence-corrected chi connectivity index (χ0v) is 8.37. The van der Waals surface area contributed by atoms with Crippen molar-refractivity contribution < 1.29 is 8.78 Å². The monoisotopic (exact) mass is 220 g/mol. The SMILES string of the molecule is Nc1ccccc1Nc1ccc(F)c(F)c1. The second kappa shape index (κ2) is 4.18. The molecule has 2 nitrogen and oxygen atoms in total. The molecule has 16 heavy (non-hydrogen) atoms. The number of halogens is 2. The van der Waals surface area contributed by atoms with E-state index in [1.54, 1.807) is 24.3 Å². The van der Waals surface area contributed by atoms with Gasteiger partial charge in [-0.3, -0.25) is 0 Å². The molecule has 0 saturated heterocycles. The summed E-state index contributed by atoms with van der Waals surface area (Å²) in [6, 6.07) is 10.7. The number of anilines is 3. The van der Waals surface area contributed by atoms with Gasteiger partial charge in [-0.15, -0.1) is 0 Å². The second-order valence-corrected chi connectivity index (χ2v) is 3.34. The van der Waals surface area contributed by atoms with Gasteiger partial charge in [0.2, 0.25) is 0 Å². The number of hydrogen-bond acceptors (Lipinski definition) is 2. The van der Waals surface area contributed by atoms with E-state index in [0.29, 0.717) is 17.1 Å². The Kier molecular flexibility index (Phi) is 2.72. The first kappa shape index (κ1) is 10.4. The molecular formula is C12H10F2N2. The lowest BCUT2D eigenvalue weighted by Gasteiger charge is -2.08. The van der Waals surface area contributed by atoms with E-state index in [4.69, 9.17) is 5.73 Å². The molecule has 82 valence electrons. The number of rotatable bonds is 2. The first-order valence-corrected chi connectivity index (χ1v) is 4.73. The minimum Gasteiger partial charge on any atom is -0.397 e. The number of nitrogen functional groups attached to an aromatic ring is 1. The Morgan fingerprint density at radius 3 is 2.38 bits per heavy atom. The summed E-state index contributed by atoms with van der Waals surface area (Å²) in [5, 5.41) is 2.91. The highest BCUT2D eigenvalue weighted by Gasteiger charge is 2.03. The summed E-state index contributed by atoms with van der Waals surface area (Å²) >= 11 is 0. The molecule has 2 rings (SSSR count). The molecule has 2 aromatic rings. The lowest BCUT2D eigenvalue weighted by molar-refractivity contribution is 0.509. The smallest absolute Gasteiger partial charge is 0.160 e. The van der Waals surface area contributed by atoms with Gasteiger partial charge in [0.1, 0.15) is 0 Å². The molecule has 0 amide bonds. The van der Waals surface area contributed by atoms with E-state index in [1.807, 2.05) is 0 Å². The minimum absolute atomic E-state index is 0.455. The number of nitrogens with two attached hydrogens (primary N) is 1. The molecule has 2 aromatic carbocycles. The maximum absolute atomic E-state index is 12.9. The summed E-state index contributed by atoms with van der Waals surface area (Å²) in [6.07, 6.45) is 0. The molecule has 0 aromatic heterocycles. The highest BCUT2D eigenvalue weighted by molar-refractivity contribution is 5.72.